The molecule has 0 atom stereocenters. The maximum absolute atomic E-state index is 12.8. The number of carboxylic acid groups (broad SMARTS) is 1. The van der Waals surface area contributed by atoms with E-state index < -0.39 is 30.2 Å². The average Bonchev–Trinajstić information content (AvgIpc) is 2.51. The molecule has 0 aromatic carbocycles. The number of carbonyl (C=O) groups is 2. The topological polar surface area (TPSA) is 98.2 Å². The van der Waals surface area contributed by atoms with E-state index in [0.717, 1.165) is 12.4 Å². The molecule has 8 heteroatoms. The molecule has 1 aromatic heterocycles. The number of amides is 1. The van der Waals surface area contributed by atoms with Gasteiger partial charge >= 0.3 is 12.0 Å². The monoisotopic (exact) mass is 219 g/mol. The summed E-state index contributed by atoms with van der Waals surface area (Å²) in [5.41, 5.74) is 4.44. The summed E-state index contributed by atoms with van der Waals surface area (Å²) in [4.78, 5) is 24.2. The van der Waals surface area contributed by atoms with Crippen molar-refractivity contribution in [2.45, 2.75) is 12.3 Å². The highest BCUT2D eigenvalue weighted by molar-refractivity contribution is 5.81. The first kappa shape index (κ1) is 11.1. The Morgan fingerprint density at radius 2 is 2.20 bits per heavy atom. The van der Waals surface area contributed by atoms with Crippen LogP contribution in [0.25, 0.3) is 0 Å². The number of halogens is 2. The van der Waals surface area contributed by atoms with Gasteiger partial charge in [-0.3, -0.25) is 4.79 Å². The molecule has 0 aliphatic carbocycles. The van der Waals surface area contributed by atoms with Crippen molar-refractivity contribution in [2.24, 2.45) is 5.73 Å². The number of primary amides is 1. The predicted octanol–water partition coefficient (Wildman–Crippen LogP) is 0.0723. The molecule has 0 unspecified atom stereocenters. The van der Waals surface area contributed by atoms with Gasteiger partial charge in [0.1, 0.15) is 5.82 Å². The highest BCUT2D eigenvalue weighted by Crippen LogP contribution is 2.18. The molecule has 1 aromatic rings. The molecule has 0 spiro atoms. The number of nitrogens with zero attached hydrogens (tertiary/aromatic N) is 2. The lowest BCUT2D eigenvalue weighted by molar-refractivity contribution is -0.141. The number of aromatic nitrogens is 2. The molecule has 82 valence electrons. The lowest BCUT2D eigenvalue weighted by atomic mass is 10.2. The van der Waals surface area contributed by atoms with Crippen molar-refractivity contribution >= 4 is 12.0 Å². The molecule has 0 bridgehead atoms. The van der Waals surface area contributed by atoms with Gasteiger partial charge in [-0.15, -0.1) is 0 Å². The Labute approximate surface area is 82.3 Å². The van der Waals surface area contributed by atoms with E-state index >= 15 is 0 Å². The van der Waals surface area contributed by atoms with Crippen LogP contribution < -0.4 is 5.73 Å². The number of hydrogen-bond donors (Lipinski definition) is 2. The van der Waals surface area contributed by atoms with Gasteiger partial charge in [-0.2, -0.15) is 8.78 Å². The van der Waals surface area contributed by atoms with Crippen molar-refractivity contribution in [3.63, 3.8) is 0 Å². The Morgan fingerprint density at radius 3 is 2.67 bits per heavy atom. The smallest absolute Gasteiger partial charge is 0.417 e. The third-order valence-corrected chi connectivity index (χ3v) is 1.66. The van der Waals surface area contributed by atoms with Gasteiger partial charge in [0.2, 0.25) is 0 Å². The molecule has 0 aliphatic heterocycles. The number of hydrogen-bond acceptors (Lipinski definition) is 3. The van der Waals surface area contributed by atoms with E-state index in [1.54, 1.807) is 0 Å². The van der Waals surface area contributed by atoms with Gasteiger partial charge in [0.25, 0.3) is 5.91 Å². The van der Waals surface area contributed by atoms with E-state index in [4.69, 9.17) is 5.11 Å². The Bertz CT molecular complexity index is 402. The lowest BCUT2D eigenvalue weighted by Gasteiger charge is -2.11. The Balaban J connectivity index is 2.95. The Hall–Kier alpha value is -1.99. The summed E-state index contributed by atoms with van der Waals surface area (Å²) in [7, 11) is 0. The first-order chi connectivity index (χ1) is 6.84. The first-order valence-corrected chi connectivity index (χ1v) is 3.78. The van der Waals surface area contributed by atoms with Crippen molar-refractivity contribution in [2.75, 3.05) is 0 Å². The van der Waals surface area contributed by atoms with Crippen LogP contribution in [-0.2, 0) is 11.2 Å². The van der Waals surface area contributed by atoms with Crippen molar-refractivity contribution in [1.82, 2.24) is 9.55 Å². The van der Waals surface area contributed by atoms with Crippen LogP contribution in [0.3, 0.4) is 0 Å². The molecule has 15 heavy (non-hydrogen) atoms. The predicted molar refractivity (Wildman–Crippen MR) is 43.5 cm³/mol. The molecule has 1 rings (SSSR count). The van der Waals surface area contributed by atoms with Crippen molar-refractivity contribution in [1.29, 1.82) is 0 Å². The second kappa shape index (κ2) is 3.64. The number of imidazole rings is 1. The highest BCUT2D eigenvalue weighted by atomic mass is 19.3. The zero-order valence-corrected chi connectivity index (χ0v) is 7.35. The van der Waals surface area contributed by atoms with Crippen LogP contribution in [0.2, 0.25) is 0 Å². The van der Waals surface area contributed by atoms with Crippen molar-refractivity contribution in [3.8, 4) is 0 Å². The number of alkyl halides is 2. The third kappa shape index (κ3) is 2.27. The van der Waals surface area contributed by atoms with E-state index in [1.165, 1.54) is 0 Å². The molecule has 1 heterocycles. The van der Waals surface area contributed by atoms with Crippen molar-refractivity contribution in [3.05, 3.63) is 18.2 Å². The van der Waals surface area contributed by atoms with E-state index in [9.17, 15) is 18.4 Å². The summed E-state index contributed by atoms with van der Waals surface area (Å²) in [6.07, 6.45) is -0.556. The van der Waals surface area contributed by atoms with E-state index in [2.05, 4.69) is 10.7 Å². The largest absolute Gasteiger partial charge is 0.464 e. The van der Waals surface area contributed by atoms with Crippen molar-refractivity contribution < 1.29 is 23.5 Å². The maximum Gasteiger partial charge on any atom is 0.417 e. The van der Waals surface area contributed by atoms with E-state index in [0.29, 0.717) is 4.57 Å². The van der Waals surface area contributed by atoms with Gasteiger partial charge < -0.3 is 10.8 Å². The summed E-state index contributed by atoms with van der Waals surface area (Å²) in [6, 6.07) is 0. The summed E-state index contributed by atoms with van der Waals surface area (Å²) < 4.78 is 26.2. The number of rotatable bonds is 3. The minimum absolute atomic E-state index is 0.439. The average molecular weight is 219 g/mol. The number of nitrogens with two attached hydrogens (primary N) is 1. The molecule has 0 aliphatic rings. The summed E-state index contributed by atoms with van der Waals surface area (Å²) >= 11 is 0. The quantitative estimate of drug-likeness (QED) is 0.751. The van der Waals surface area contributed by atoms with Gasteiger partial charge in [0, 0.05) is 12.4 Å². The van der Waals surface area contributed by atoms with Crippen LogP contribution in [0.4, 0.5) is 13.6 Å². The molecular weight excluding hydrogens is 212 g/mol. The molecule has 0 saturated heterocycles. The van der Waals surface area contributed by atoms with Crippen LogP contribution in [0.1, 0.15) is 5.82 Å². The second-order valence-electron chi connectivity index (χ2n) is 2.74. The van der Waals surface area contributed by atoms with Gasteiger partial charge in [-0.1, -0.05) is 0 Å². The van der Waals surface area contributed by atoms with Gasteiger partial charge in [-0.25, -0.2) is 14.3 Å². The fourth-order valence-electron chi connectivity index (χ4n) is 0.925. The van der Waals surface area contributed by atoms with Crippen LogP contribution in [0, 0.1) is 0 Å². The van der Waals surface area contributed by atoms with Gasteiger partial charge in [0.05, 0.1) is 6.42 Å². The second-order valence-corrected chi connectivity index (χ2v) is 2.74. The fourth-order valence-corrected chi connectivity index (χ4v) is 0.925. The fraction of sp³-hybridized carbons (Fsp3) is 0.286. The minimum Gasteiger partial charge on any atom is -0.464 e. The molecule has 0 fully saturated rings. The van der Waals surface area contributed by atoms with Crippen LogP contribution >= 0.6 is 0 Å². The minimum atomic E-state index is -3.81. The molecule has 6 nitrogen and oxygen atoms in total. The van der Waals surface area contributed by atoms with Gasteiger partial charge in [0.15, 0.2) is 0 Å². The standard InChI is InChI=1S/C7H7F2N3O3/c8-7(9,5(10)13)3-4-11-1-2-12(4)6(14)15/h1-2H,3H2,(H2,10,13)(H,14,15). The summed E-state index contributed by atoms with van der Waals surface area (Å²) in [5.74, 6) is -6.06. The molecular formula is C7H7F2N3O3. The summed E-state index contributed by atoms with van der Waals surface area (Å²) in [5, 5.41) is 8.55. The van der Waals surface area contributed by atoms with E-state index in [-0.39, 0.29) is 0 Å². The zero-order chi connectivity index (χ0) is 11.6. The normalized spacial score (nSPS) is 11.3. The van der Waals surface area contributed by atoms with Gasteiger partial charge in [-0.05, 0) is 0 Å². The third-order valence-electron chi connectivity index (χ3n) is 1.66. The maximum atomic E-state index is 12.8. The number of carbonyl (C=O) groups excluding carboxylic acids is 1. The zero-order valence-electron chi connectivity index (χ0n) is 7.35. The van der Waals surface area contributed by atoms with Crippen LogP contribution in [-0.4, -0.2) is 32.6 Å². The molecule has 0 saturated carbocycles. The summed E-state index contributed by atoms with van der Waals surface area (Å²) in [6.45, 7) is 0. The lowest BCUT2D eigenvalue weighted by Crippen LogP contribution is -2.38. The Kier molecular flexibility index (Phi) is 2.69. The molecule has 3 N–H and O–H groups in total. The SMILES string of the molecule is NC(=O)C(F)(F)Cc1nccn1C(=O)O. The first-order valence-electron chi connectivity index (χ1n) is 3.78. The molecule has 0 radical (unpaired) electrons. The Morgan fingerprint density at radius 1 is 1.60 bits per heavy atom. The van der Waals surface area contributed by atoms with Crippen LogP contribution in [0.5, 0.6) is 0 Å². The van der Waals surface area contributed by atoms with E-state index in [1.807, 2.05) is 0 Å². The molecule has 1 amide bonds. The van der Waals surface area contributed by atoms with Crippen LogP contribution in [0.15, 0.2) is 12.4 Å². The highest BCUT2D eigenvalue weighted by Gasteiger charge is 2.38.